The van der Waals surface area contributed by atoms with Crippen LogP contribution in [-0.4, -0.2) is 20.2 Å². The van der Waals surface area contributed by atoms with E-state index in [0.717, 1.165) is 20.2 Å². The van der Waals surface area contributed by atoms with Crippen molar-refractivity contribution in [3.63, 3.8) is 0 Å². The number of hydrogen-bond donors (Lipinski definition) is 1. The SMILES string of the molecule is Nc1cc(Cl)cc(-c2nnnn2-c2c(Br)cccc2Br)c1. The lowest BCUT2D eigenvalue weighted by Gasteiger charge is -2.09. The molecule has 0 saturated carbocycles. The molecule has 1 heterocycles. The molecule has 2 aromatic carbocycles. The van der Waals surface area contributed by atoms with Gasteiger partial charge in [0.2, 0.25) is 0 Å². The molecule has 3 aromatic rings. The van der Waals surface area contributed by atoms with E-state index in [9.17, 15) is 0 Å². The minimum Gasteiger partial charge on any atom is -0.399 e. The quantitative estimate of drug-likeness (QED) is 0.623. The molecule has 0 radical (unpaired) electrons. The zero-order chi connectivity index (χ0) is 15.0. The summed E-state index contributed by atoms with van der Waals surface area (Å²) in [5.74, 6) is 0.553. The van der Waals surface area contributed by atoms with Crippen LogP contribution in [0.1, 0.15) is 0 Å². The van der Waals surface area contributed by atoms with Crippen molar-refractivity contribution in [2.75, 3.05) is 5.73 Å². The van der Waals surface area contributed by atoms with Crippen LogP contribution in [0.4, 0.5) is 5.69 Å². The van der Waals surface area contributed by atoms with Crippen LogP contribution in [0.15, 0.2) is 45.3 Å². The van der Waals surface area contributed by atoms with Crippen LogP contribution in [0.3, 0.4) is 0 Å². The molecule has 21 heavy (non-hydrogen) atoms. The molecule has 0 aliphatic carbocycles. The van der Waals surface area contributed by atoms with Gasteiger partial charge < -0.3 is 5.73 Å². The second-order valence-electron chi connectivity index (χ2n) is 4.26. The largest absolute Gasteiger partial charge is 0.399 e. The summed E-state index contributed by atoms with van der Waals surface area (Å²) >= 11 is 13.1. The Morgan fingerprint density at radius 1 is 1.10 bits per heavy atom. The minimum absolute atomic E-state index is 0.533. The van der Waals surface area contributed by atoms with E-state index in [1.165, 1.54) is 0 Å². The number of nitrogens with two attached hydrogens (primary N) is 1. The Kier molecular flexibility index (Phi) is 3.97. The molecule has 0 fully saturated rings. The van der Waals surface area contributed by atoms with Crippen molar-refractivity contribution in [2.45, 2.75) is 0 Å². The summed E-state index contributed by atoms with van der Waals surface area (Å²) < 4.78 is 3.35. The fourth-order valence-corrected chi connectivity index (χ4v) is 3.53. The van der Waals surface area contributed by atoms with Gasteiger partial charge in [0.15, 0.2) is 5.82 Å². The number of tetrazole rings is 1. The van der Waals surface area contributed by atoms with Gasteiger partial charge in [0.05, 0.1) is 5.69 Å². The third-order valence-corrected chi connectivity index (χ3v) is 4.30. The molecule has 8 heteroatoms. The minimum atomic E-state index is 0.533. The highest BCUT2D eigenvalue weighted by atomic mass is 79.9. The number of nitrogens with zero attached hydrogens (tertiary/aromatic N) is 4. The summed E-state index contributed by atoms with van der Waals surface area (Å²) in [6, 6.07) is 11.0. The number of benzene rings is 2. The number of anilines is 1. The number of aromatic nitrogens is 4. The van der Waals surface area contributed by atoms with Gasteiger partial charge in [0.1, 0.15) is 0 Å². The van der Waals surface area contributed by atoms with Crippen LogP contribution >= 0.6 is 43.5 Å². The van der Waals surface area contributed by atoms with Crippen molar-refractivity contribution in [3.05, 3.63) is 50.4 Å². The van der Waals surface area contributed by atoms with E-state index in [1.54, 1.807) is 22.9 Å². The summed E-state index contributed by atoms with van der Waals surface area (Å²) in [5.41, 5.74) is 7.93. The Balaban J connectivity index is 2.22. The van der Waals surface area contributed by atoms with E-state index < -0.39 is 0 Å². The molecule has 3 rings (SSSR count). The molecule has 0 bridgehead atoms. The van der Waals surface area contributed by atoms with E-state index in [1.807, 2.05) is 18.2 Å². The number of nitrogen functional groups attached to an aromatic ring is 1. The van der Waals surface area contributed by atoms with Gasteiger partial charge in [0, 0.05) is 25.2 Å². The zero-order valence-electron chi connectivity index (χ0n) is 10.5. The van der Waals surface area contributed by atoms with Crippen molar-refractivity contribution in [1.82, 2.24) is 20.2 Å². The van der Waals surface area contributed by atoms with Crippen molar-refractivity contribution < 1.29 is 0 Å². The van der Waals surface area contributed by atoms with E-state index in [0.29, 0.717) is 16.5 Å². The van der Waals surface area contributed by atoms with Gasteiger partial charge in [0.25, 0.3) is 0 Å². The van der Waals surface area contributed by atoms with Crippen LogP contribution in [-0.2, 0) is 0 Å². The molecule has 106 valence electrons. The van der Waals surface area contributed by atoms with E-state index in [-0.39, 0.29) is 0 Å². The lowest BCUT2D eigenvalue weighted by atomic mass is 10.2. The lowest BCUT2D eigenvalue weighted by molar-refractivity contribution is 0.786. The topological polar surface area (TPSA) is 69.6 Å². The Bertz CT molecular complexity index is 778. The maximum absolute atomic E-state index is 6.05. The Morgan fingerprint density at radius 3 is 2.48 bits per heavy atom. The van der Waals surface area contributed by atoms with Gasteiger partial charge in [-0.25, -0.2) is 0 Å². The van der Waals surface area contributed by atoms with Crippen LogP contribution in [0, 0.1) is 0 Å². The summed E-state index contributed by atoms with van der Waals surface area (Å²) in [6.07, 6.45) is 0. The van der Waals surface area contributed by atoms with Gasteiger partial charge in [-0.15, -0.1) is 5.10 Å². The third kappa shape index (κ3) is 2.81. The number of halogens is 3. The first-order valence-electron chi connectivity index (χ1n) is 5.85. The summed E-state index contributed by atoms with van der Waals surface area (Å²) in [7, 11) is 0. The Labute approximate surface area is 142 Å². The lowest BCUT2D eigenvalue weighted by Crippen LogP contribution is -2.02. The maximum Gasteiger partial charge on any atom is 0.187 e. The summed E-state index contributed by atoms with van der Waals surface area (Å²) in [6.45, 7) is 0. The first-order chi connectivity index (χ1) is 10.1. The van der Waals surface area contributed by atoms with Crippen LogP contribution < -0.4 is 5.73 Å². The monoisotopic (exact) mass is 427 g/mol. The standard InChI is InChI=1S/C13H8Br2ClN5/c14-10-2-1-3-11(15)12(10)21-13(18-19-20-21)7-4-8(16)6-9(17)5-7/h1-6H,17H2. The Morgan fingerprint density at radius 2 is 1.81 bits per heavy atom. The molecule has 0 aliphatic heterocycles. The fourth-order valence-electron chi connectivity index (χ4n) is 1.95. The molecule has 0 unspecified atom stereocenters. The van der Waals surface area contributed by atoms with Gasteiger partial charge in [-0.05, 0) is 72.6 Å². The number of para-hydroxylation sites is 1. The van der Waals surface area contributed by atoms with Crippen LogP contribution in [0.25, 0.3) is 17.1 Å². The number of rotatable bonds is 2. The molecule has 0 atom stereocenters. The first kappa shape index (κ1) is 14.5. The summed E-state index contributed by atoms with van der Waals surface area (Å²) in [4.78, 5) is 0. The zero-order valence-corrected chi connectivity index (χ0v) is 14.4. The van der Waals surface area contributed by atoms with Crippen molar-refractivity contribution >= 4 is 49.1 Å². The fraction of sp³-hybridized carbons (Fsp3) is 0. The first-order valence-corrected chi connectivity index (χ1v) is 7.82. The highest BCUT2D eigenvalue weighted by Crippen LogP contribution is 2.32. The smallest absolute Gasteiger partial charge is 0.187 e. The maximum atomic E-state index is 6.05. The molecule has 2 N–H and O–H groups in total. The van der Waals surface area contributed by atoms with Crippen LogP contribution in [0.5, 0.6) is 0 Å². The van der Waals surface area contributed by atoms with Gasteiger partial charge in [-0.2, -0.15) is 4.68 Å². The highest BCUT2D eigenvalue weighted by Gasteiger charge is 2.16. The normalized spacial score (nSPS) is 10.8. The molecule has 0 saturated heterocycles. The van der Waals surface area contributed by atoms with Gasteiger partial charge >= 0.3 is 0 Å². The van der Waals surface area contributed by atoms with Crippen molar-refractivity contribution in [3.8, 4) is 17.1 Å². The third-order valence-electron chi connectivity index (χ3n) is 2.80. The van der Waals surface area contributed by atoms with Gasteiger partial charge in [-0.3, -0.25) is 0 Å². The molecule has 1 aromatic heterocycles. The summed E-state index contributed by atoms with van der Waals surface area (Å²) in [5, 5.41) is 12.4. The van der Waals surface area contributed by atoms with Crippen LogP contribution in [0.2, 0.25) is 5.02 Å². The molecule has 0 aliphatic rings. The molecule has 0 spiro atoms. The molecule has 0 amide bonds. The second kappa shape index (κ2) is 5.75. The number of hydrogen-bond acceptors (Lipinski definition) is 4. The molecule has 5 nitrogen and oxygen atoms in total. The molecular formula is C13H8Br2ClN5. The van der Waals surface area contributed by atoms with Crippen molar-refractivity contribution in [2.24, 2.45) is 0 Å². The molecular weight excluding hydrogens is 421 g/mol. The van der Waals surface area contributed by atoms with Crippen molar-refractivity contribution in [1.29, 1.82) is 0 Å². The van der Waals surface area contributed by atoms with Gasteiger partial charge in [-0.1, -0.05) is 17.7 Å². The van der Waals surface area contributed by atoms with E-state index in [4.69, 9.17) is 17.3 Å². The highest BCUT2D eigenvalue weighted by molar-refractivity contribution is 9.11. The predicted molar refractivity (Wildman–Crippen MR) is 89.4 cm³/mol. The second-order valence-corrected chi connectivity index (χ2v) is 6.40. The van der Waals surface area contributed by atoms with E-state index in [2.05, 4.69) is 47.4 Å². The average Bonchev–Trinajstić information content (AvgIpc) is 2.86. The Hall–Kier alpha value is -1.44. The predicted octanol–water partition coefficient (Wildman–Crippen LogP) is 4.09. The van der Waals surface area contributed by atoms with E-state index >= 15 is 0 Å². The average molecular weight is 430 g/mol.